The summed E-state index contributed by atoms with van der Waals surface area (Å²) in [5, 5.41) is 19.9. The number of nitrogens with one attached hydrogen (secondary N) is 8. The van der Waals surface area contributed by atoms with E-state index in [0.717, 1.165) is 35.6 Å². The molecule has 9 amide bonds. The number of hydrogen-bond donors (Lipinski definition) is 12. The van der Waals surface area contributed by atoms with Crippen molar-refractivity contribution in [3.8, 4) is 11.1 Å². The Morgan fingerprint density at radius 1 is 0.613 bits per heavy atom. The van der Waals surface area contributed by atoms with Crippen LogP contribution in [0.1, 0.15) is 138 Å². The van der Waals surface area contributed by atoms with Crippen molar-refractivity contribution in [1.82, 2.24) is 42.5 Å². The molecule has 0 aliphatic heterocycles. The van der Waals surface area contributed by atoms with Gasteiger partial charge in [0.1, 0.15) is 18.4 Å². The highest BCUT2D eigenvalue weighted by Crippen LogP contribution is 2.22. The van der Waals surface area contributed by atoms with E-state index in [0.29, 0.717) is 25.7 Å². The van der Waals surface area contributed by atoms with Gasteiger partial charge in [0.05, 0.1) is 32.7 Å². The molecule has 0 unspecified atom stereocenters. The zero-order chi connectivity index (χ0) is 57.7. The number of primary amides is 2. The average molecular weight is 1060 g/mol. The van der Waals surface area contributed by atoms with Crippen molar-refractivity contribution in [2.75, 3.05) is 59.4 Å². The van der Waals surface area contributed by atoms with Crippen molar-refractivity contribution in [2.24, 2.45) is 28.9 Å². The maximum atomic E-state index is 13.1. The minimum Gasteiger partial charge on any atom is -0.368 e. The minimum absolute atomic E-state index is 0.0967. The van der Waals surface area contributed by atoms with Gasteiger partial charge in [0, 0.05) is 19.4 Å². The lowest BCUT2D eigenvalue weighted by atomic mass is 9.91. The highest BCUT2D eigenvalue weighted by Gasteiger charge is 2.24. The van der Waals surface area contributed by atoms with Gasteiger partial charge >= 0.3 is 6.03 Å². The first-order chi connectivity index (χ1) is 35.8. The second kappa shape index (κ2) is 53.8. The average Bonchev–Trinajstić information content (AvgIpc) is 3.38. The van der Waals surface area contributed by atoms with Crippen LogP contribution in [0.5, 0.6) is 0 Å². The topological polar surface area (TPSA) is 354 Å². The molecule has 0 heterocycles. The summed E-state index contributed by atoms with van der Waals surface area (Å²) in [6, 6.07) is 15.2. The van der Waals surface area contributed by atoms with E-state index in [2.05, 4.69) is 77.2 Å². The van der Waals surface area contributed by atoms with E-state index < -0.39 is 54.2 Å². The SMILES string of the molecule is CC1CCCCC1.CCC.CCC.CCCC(=O)N[C@@H](Cc1ccc(-c2ccccc2)cc1)C(=O)NCC(=O)N[C@@H](CCCN)C(=O)NCC(=O)NCC=O.CCCNC(N)=O.CCN.CNCC(=O)NCC(N)=O. The molecule has 0 bridgehead atoms. The second-order valence-corrected chi connectivity index (χ2v) is 17.2. The normalized spacial score (nSPS) is 11.7. The van der Waals surface area contributed by atoms with Gasteiger partial charge in [0.25, 0.3) is 0 Å². The second-order valence-electron chi connectivity index (χ2n) is 17.2. The van der Waals surface area contributed by atoms with Gasteiger partial charge in [0.15, 0.2) is 0 Å². The smallest absolute Gasteiger partial charge is 0.312 e. The van der Waals surface area contributed by atoms with Crippen molar-refractivity contribution in [3.05, 3.63) is 60.2 Å². The van der Waals surface area contributed by atoms with E-state index in [-0.39, 0.29) is 63.8 Å². The Kier molecular flexibility index (Phi) is 53.9. The zero-order valence-corrected chi connectivity index (χ0v) is 46.8. The van der Waals surface area contributed by atoms with Crippen LogP contribution in [0.3, 0.4) is 0 Å². The molecule has 0 saturated heterocycles. The lowest BCUT2D eigenvalue weighted by molar-refractivity contribution is -0.132. The largest absolute Gasteiger partial charge is 0.368 e. The Morgan fingerprint density at radius 3 is 1.56 bits per heavy atom. The van der Waals surface area contributed by atoms with Crippen LogP contribution in [0.2, 0.25) is 0 Å². The number of carbonyl (C=O) groups excluding carboxylic acids is 9. The summed E-state index contributed by atoms with van der Waals surface area (Å²) >= 11 is 0. The third-order valence-corrected chi connectivity index (χ3v) is 9.45. The fraction of sp³-hybridized carbons (Fsp3) is 0.611. The maximum Gasteiger partial charge on any atom is 0.312 e. The number of rotatable bonds is 24. The van der Waals surface area contributed by atoms with Crippen LogP contribution in [0.25, 0.3) is 11.1 Å². The molecule has 2 aromatic rings. The van der Waals surface area contributed by atoms with Gasteiger partial charge in [-0.15, -0.1) is 0 Å². The van der Waals surface area contributed by atoms with Crippen molar-refractivity contribution in [2.45, 2.75) is 151 Å². The fourth-order valence-electron chi connectivity index (χ4n) is 6.00. The van der Waals surface area contributed by atoms with Gasteiger partial charge in [-0.25, -0.2) is 4.79 Å². The van der Waals surface area contributed by atoms with Crippen molar-refractivity contribution >= 4 is 53.7 Å². The molecule has 428 valence electrons. The van der Waals surface area contributed by atoms with E-state index in [1.165, 1.54) is 44.9 Å². The number of nitrogens with two attached hydrogens (primary N) is 4. The Morgan fingerprint density at radius 2 is 1.12 bits per heavy atom. The molecule has 2 atom stereocenters. The molecule has 1 aliphatic carbocycles. The third-order valence-electron chi connectivity index (χ3n) is 9.45. The van der Waals surface area contributed by atoms with Crippen LogP contribution >= 0.6 is 0 Å². The van der Waals surface area contributed by atoms with Crippen molar-refractivity contribution in [3.63, 3.8) is 0 Å². The molecule has 16 N–H and O–H groups in total. The van der Waals surface area contributed by atoms with Gasteiger partial charge in [0.2, 0.25) is 41.4 Å². The molecule has 1 fully saturated rings. The Labute approximate surface area is 448 Å². The molecule has 21 heteroatoms. The summed E-state index contributed by atoms with van der Waals surface area (Å²) in [5.74, 6) is -2.35. The quantitative estimate of drug-likeness (QED) is 0.0675. The summed E-state index contributed by atoms with van der Waals surface area (Å²) in [4.78, 5) is 103. The van der Waals surface area contributed by atoms with Crippen LogP contribution in [0.15, 0.2) is 54.6 Å². The van der Waals surface area contributed by atoms with E-state index in [1.807, 2.05) is 75.4 Å². The molecule has 0 radical (unpaired) electrons. The van der Waals surface area contributed by atoms with E-state index in [9.17, 15) is 43.2 Å². The van der Waals surface area contributed by atoms with Crippen molar-refractivity contribution < 1.29 is 43.2 Å². The molecule has 3 rings (SSSR count). The van der Waals surface area contributed by atoms with E-state index >= 15 is 0 Å². The van der Waals surface area contributed by atoms with Crippen molar-refractivity contribution in [1.29, 1.82) is 0 Å². The summed E-state index contributed by atoms with van der Waals surface area (Å²) in [7, 11) is 1.64. The molecule has 1 saturated carbocycles. The van der Waals surface area contributed by atoms with E-state index in [1.54, 1.807) is 7.05 Å². The first-order valence-electron chi connectivity index (χ1n) is 26.5. The molecular weight excluding hydrogens is 961 g/mol. The Balaban J connectivity index is -0.000000609. The van der Waals surface area contributed by atoms with Gasteiger partial charge in [-0.1, -0.05) is 155 Å². The number of amides is 9. The number of carbonyl (C=O) groups is 9. The maximum absolute atomic E-state index is 13.1. The lowest BCUT2D eigenvalue weighted by Crippen LogP contribution is -2.53. The molecule has 75 heavy (non-hydrogen) atoms. The van der Waals surface area contributed by atoms with E-state index in [4.69, 9.17) is 22.9 Å². The fourth-order valence-corrected chi connectivity index (χ4v) is 6.00. The highest BCUT2D eigenvalue weighted by atomic mass is 16.2. The van der Waals surface area contributed by atoms with Gasteiger partial charge in [-0.2, -0.15) is 0 Å². The summed E-state index contributed by atoms with van der Waals surface area (Å²) < 4.78 is 0. The standard InChI is InChI=1S/C30H40N6O6.C7H14.C5H11N3O2.C4H10N2O.2C3H8.C2H7N/c1-2-7-26(38)36-25(18-21-11-13-23(14-12-21)22-8-4-3-5-9-22)30(42)34-20-28(40)35-24(10-6-15-31)29(41)33-19-27(39)32-16-17-37;1-7-5-3-2-4-6-7;1-7-3-5(10)8-2-4(6)9;1-2-3-6-4(5)7;2*1-3-2;1-2-3/h3-5,8-9,11-14,17,24-25H,2,6-7,10,15-16,18-20,31H2,1H3,(H,32,39)(H,33,41)(H,34,42)(H,35,40)(H,36,38);7H,2-6H2,1H3;7H,2-3H2,1H3,(H2,6,9)(H,8,10);2-3H2,1H3,(H3,5,6,7);2*3H2,1-2H3;2-3H2,1H3/t24-,25-;;;;;;/m0....../s1. The van der Waals surface area contributed by atoms with Crippen LogP contribution < -0.4 is 65.5 Å². The predicted molar refractivity (Wildman–Crippen MR) is 301 cm³/mol. The molecular formula is C54H98N12O9. The molecule has 21 nitrogen and oxygen atoms in total. The van der Waals surface area contributed by atoms with Gasteiger partial charge in [-0.3, -0.25) is 33.6 Å². The third kappa shape index (κ3) is 49.5. The minimum atomic E-state index is -0.986. The number of aldehydes is 1. The Hall–Kier alpha value is -6.45. The highest BCUT2D eigenvalue weighted by molar-refractivity contribution is 5.93. The number of hydrogen-bond acceptors (Lipinski definition) is 12. The number of urea groups is 1. The lowest BCUT2D eigenvalue weighted by Gasteiger charge is -2.20. The monoisotopic (exact) mass is 1060 g/mol. The van der Waals surface area contributed by atoms with Crippen LogP contribution in [0, 0.1) is 5.92 Å². The van der Waals surface area contributed by atoms with Crippen LogP contribution in [-0.2, 0) is 44.8 Å². The summed E-state index contributed by atoms with van der Waals surface area (Å²) in [6.07, 6.45) is 13.1. The number of benzene rings is 2. The zero-order valence-electron chi connectivity index (χ0n) is 46.8. The van der Waals surface area contributed by atoms with Crippen LogP contribution in [0.4, 0.5) is 4.79 Å². The first-order valence-corrected chi connectivity index (χ1v) is 26.5. The Bertz CT molecular complexity index is 1800. The summed E-state index contributed by atoms with van der Waals surface area (Å²) in [6.45, 7) is 17.4. The molecule has 0 aromatic heterocycles. The molecule has 2 aromatic carbocycles. The summed E-state index contributed by atoms with van der Waals surface area (Å²) in [5.41, 5.74) is 22.8. The first kappa shape index (κ1) is 75.1. The molecule has 0 spiro atoms. The van der Waals surface area contributed by atoms with Crippen LogP contribution in [-0.4, -0.2) is 125 Å². The van der Waals surface area contributed by atoms with Gasteiger partial charge < -0.3 is 70.3 Å². The van der Waals surface area contributed by atoms with Gasteiger partial charge in [-0.05, 0) is 68.4 Å². The predicted octanol–water partition coefficient (Wildman–Crippen LogP) is 3.21. The molecule has 1 aliphatic rings. The number of likely N-dealkylation sites (N-methyl/N-ethyl adjacent to an activating group) is 1.